The Kier molecular flexibility index (Phi) is 5.48. The summed E-state index contributed by atoms with van der Waals surface area (Å²) in [4.78, 5) is 29.2. The van der Waals surface area contributed by atoms with Crippen LogP contribution in [-0.4, -0.2) is 66.7 Å². The standard InChI is InChI=1S/C22H27N3O3/c1-16(20-10-5-15-28-20)23-22(27)25-13-11-24(12-14-25)21(26)19-9-4-7-17-6-2-3-8-18(17)19/h2-4,6-9,16,20H,5,10-15H2,1H3,(H,23,27)/t16-,20-/m1/s1. The lowest BCUT2D eigenvalue weighted by atomic mass is 10.0. The number of nitrogens with zero attached hydrogens (tertiary/aromatic N) is 2. The fourth-order valence-electron chi connectivity index (χ4n) is 4.07. The molecule has 4 rings (SSSR count). The van der Waals surface area contributed by atoms with Gasteiger partial charge in [0.05, 0.1) is 12.1 Å². The maximum absolute atomic E-state index is 13.0. The molecule has 2 saturated heterocycles. The summed E-state index contributed by atoms with van der Waals surface area (Å²) in [6.45, 7) is 4.95. The van der Waals surface area contributed by atoms with Gasteiger partial charge in [-0.15, -0.1) is 0 Å². The van der Waals surface area contributed by atoms with Gasteiger partial charge in [-0.3, -0.25) is 4.79 Å². The number of fused-ring (bicyclic) bond motifs is 1. The fraction of sp³-hybridized carbons (Fsp3) is 0.455. The van der Waals surface area contributed by atoms with Gasteiger partial charge in [-0.25, -0.2) is 4.79 Å². The second-order valence-corrected chi connectivity index (χ2v) is 7.60. The minimum Gasteiger partial charge on any atom is -0.376 e. The molecule has 2 aliphatic heterocycles. The second-order valence-electron chi connectivity index (χ2n) is 7.60. The van der Waals surface area contributed by atoms with Crippen molar-refractivity contribution in [3.8, 4) is 0 Å². The van der Waals surface area contributed by atoms with Crippen LogP contribution < -0.4 is 5.32 Å². The molecule has 2 atom stereocenters. The number of hydrogen-bond donors (Lipinski definition) is 1. The predicted octanol–water partition coefficient (Wildman–Crippen LogP) is 2.87. The third kappa shape index (κ3) is 3.83. The highest BCUT2D eigenvalue weighted by atomic mass is 16.5. The predicted molar refractivity (Wildman–Crippen MR) is 108 cm³/mol. The molecule has 2 aliphatic rings. The smallest absolute Gasteiger partial charge is 0.317 e. The first-order valence-corrected chi connectivity index (χ1v) is 10.1. The van der Waals surface area contributed by atoms with Crippen LogP contribution in [0, 0.1) is 0 Å². The van der Waals surface area contributed by atoms with Crippen molar-refractivity contribution < 1.29 is 14.3 Å². The van der Waals surface area contributed by atoms with Crippen LogP contribution in [0.2, 0.25) is 0 Å². The quantitative estimate of drug-likeness (QED) is 0.889. The summed E-state index contributed by atoms with van der Waals surface area (Å²) in [5.41, 5.74) is 0.725. The van der Waals surface area contributed by atoms with E-state index in [1.807, 2.05) is 54.3 Å². The van der Waals surface area contributed by atoms with Crippen LogP contribution in [-0.2, 0) is 4.74 Å². The fourth-order valence-corrected chi connectivity index (χ4v) is 4.07. The van der Waals surface area contributed by atoms with Gasteiger partial charge < -0.3 is 19.9 Å². The summed E-state index contributed by atoms with van der Waals surface area (Å²) in [6.07, 6.45) is 2.16. The van der Waals surface area contributed by atoms with Crippen molar-refractivity contribution in [2.24, 2.45) is 0 Å². The Morgan fingerprint density at radius 1 is 1.04 bits per heavy atom. The van der Waals surface area contributed by atoms with Gasteiger partial charge in [0.25, 0.3) is 5.91 Å². The molecule has 148 valence electrons. The van der Waals surface area contributed by atoms with Crippen molar-refractivity contribution in [2.75, 3.05) is 32.8 Å². The number of piperazine rings is 1. The van der Waals surface area contributed by atoms with Crippen molar-refractivity contribution in [1.82, 2.24) is 15.1 Å². The number of amides is 3. The Hall–Kier alpha value is -2.60. The van der Waals surface area contributed by atoms with Gasteiger partial charge >= 0.3 is 6.03 Å². The molecule has 6 nitrogen and oxygen atoms in total. The maximum atomic E-state index is 13.0. The topological polar surface area (TPSA) is 61.9 Å². The van der Waals surface area contributed by atoms with E-state index >= 15 is 0 Å². The molecule has 6 heteroatoms. The van der Waals surface area contributed by atoms with E-state index in [0.29, 0.717) is 26.2 Å². The van der Waals surface area contributed by atoms with Crippen LogP contribution in [0.25, 0.3) is 10.8 Å². The molecule has 1 N–H and O–H groups in total. The first kappa shape index (κ1) is 18.7. The van der Waals surface area contributed by atoms with E-state index in [9.17, 15) is 9.59 Å². The van der Waals surface area contributed by atoms with E-state index < -0.39 is 0 Å². The summed E-state index contributed by atoms with van der Waals surface area (Å²) >= 11 is 0. The molecule has 2 aromatic carbocycles. The van der Waals surface area contributed by atoms with Crippen molar-refractivity contribution in [1.29, 1.82) is 0 Å². The summed E-state index contributed by atoms with van der Waals surface area (Å²) in [5, 5.41) is 5.09. The molecule has 0 radical (unpaired) electrons. The number of ether oxygens (including phenoxy) is 1. The highest BCUT2D eigenvalue weighted by molar-refractivity contribution is 6.07. The second kappa shape index (κ2) is 8.19. The van der Waals surface area contributed by atoms with Gasteiger partial charge in [-0.1, -0.05) is 36.4 Å². The normalized spacial score (nSPS) is 21.0. The van der Waals surface area contributed by atoms with Crippen molar-refractivity contribution in [3.05, 3.63) is 48.0 Å². The number of carbonyl (C=O) groups is 2. The van der Waals surface area contributed by atoms with E-state index in [2.05, 4.69) is 5.32 Å². The number of rotatable bonds is 3. The number of benzene rings is 2. The molecule has 0 unspecified atom stereocenters. The van der Waals surface area contributed by atoms with Gasteiger partial charge in [-0.2, -0.15) is 0 Å². The van der Waals surface area contributed by atoms with Gasteiger partial charge in [0, 0.05) is 38.3 Å². The van der Waals surface area contributed by atoms with Gasteiger partial charge in [0.1, 0.15) is 0 Å². The third-order valence-corrected chi connectivity index (χ3v) is 5.75. The number of nitrogens with one attached hydrogen (secondary N) is 1. The molecular weight excluding hydrogens is 354 g/mol. The minimum atomic E-state index is -0.0692. The zero-order chi connectivity index (χ0) is 19.5. The largest absolute Gasteiger partial charge is 0.376 e. The Balaban J connectivity index is 1.35. The average Bonchev–Trinajstić information content (AvgIpc) is 3.28. The number of carbonyl (C=O) groups excluding carboxylic acids is 2. The Morgan fingerprint density at radius 3 is 2.50 bits per heavy atom. The van der Waals surface area contributed by atoms with Crippen LogP contribution in [0.5, 0.6) is 0 Å². The Morgan fingerprint density at radius 2 is 1.75 bits per heavy atom. The van der Waals surface area contributed by atoms with E-state index in [-0.39, 0.29) is 24.1 Å². The molecule has 28 heavy (non-hydrogen) atoms. The highest BCUT2D eigenvalue weighted by Gasteiger charge is 2.28. The lowest BCUT2D eigenvalue weighted by Crippen LogP contribution is -2.55. The van der Waals surface area contributed by atoms with Gasteiger partial charge in [0.15, 0.2) is 0 Å². The maximum Gasteiger partial charge on any atom is 0.317 e. The zero-order valence-corrected chi connectivity index (χ0v) is 16.3. The first-order chi connectivity index (χ1) is 13.6. The van der Waals surface area contributed by atoms with E-state index in [0.717, 1.165) is 35.8 Å². The molecule has 0 saturated carbocycles. The van der Waals surface area contributed by atoms with Gasteiger partial charge in [-0.05, 0) is 36.6 Å². The summed E-state index contributed by atoms with van der Waals surface area (Å²) < 4.78 is 5.65. The average molecular weight is 381 g/mol. The molecule has 0 bridgehead atoms. The molecule has 0 aliphatic carbocycles. The molecule has 0 spiro atoms. The molecule has 3 amide bonds. The van der Waals surface area contributed by atoms with Crippen molar-refractivity contribution >= 4 is 22.7 Å². The minimum absolute atomic E-state index is 0.00495. The van der Waals surface area contributed by atoms with Gasteiger partial charge in [0.2, 0.25) is 0 Å². The monoisotopic (exact) mass is 381 g/mol. The van der Waals surface area contributed by atoms with Crippen LogP contribution in [0.3, 0.4) is 0 Å². The third-order valence-electron chi connectivity index (χ3n) is 5.75. The summed E-state index contributed by atoms with van der Waals surface area (Å²) in [7, 11) is 0. The van der Waals surface area contributed by atoms with Crippen LogP contribution in [0.1, 0.15) is 30.1 Å². The Labute approximate surface area is 165 Å². The Bertz CT molecular complexity index is 850. The molecule has 2 heterocycles. The zero-order valence-electron chi connectivity index (χ0n) is 16.3. The summed E-state index contributed by atoms with van der Waals surface area (Å²) in [5.74, 6) is 0.0320. The lowest BCUT2D eigenvalue weighted by molar-refractivity contribution is 0.0644. The number of hydrogen-bond acceptors (Lipinski definition) is 3. The van der Waals surface area contributed by atoms with E-state index in [1.165, 1.54) is 0 Å². The van der Waals surface area contributed by atoms with E-state index in [4.69, 9.17) is 4.74 Å². The van der Waals surface area contributed by atoms with Crippen molar-refractivity contribution in [2.45, 2.75) is 31.9 Å². The summed E-state index contributed by atoms with van der Waals surface area (Å²) in [6, 6.07) is 13.7. The highest BCUT2D eigenvalue weighted by Crippen LogP contribution is 2.21. The molecule has 2 aromatic rings. The number of urea groups is 1. The molecule has 2 fully saturated rings. The van der Waals surface area contributed by atoms with Crippen LogP contribution in [0.4, 0.5) is 4.79 Å². The van der Waals surface area contributed by atoms with Crippen molar-refractivity contribution in [3.63, 3.8) is 0 Å². The lowest BCUT2D eigenvalue weighted by Gasteiger charge is -2.36. The SMILES string of the molecule is C[C@@H](NC(=O)N1CCN(C(=O)c2cccc3ccccc23)CC1)[C@H]1CCCO1. The first-order valence-electron chi connectivity index (χ1n) is 10.1. The molecular formula is C22H27N3O3. The van der Waals surface area contributed by atoms with Crippen LogP contribution >= 0.6 is 0 Å². The van der Waals surface area contributed by atoms with Crippen LogP contribution in [0.15, 0.2) is 42.5 Å². The molecule has 0 aromatic heterocycles. The van der Waals surface area contributed by atoms with E-state index in [1.54, 1.807) is 4.90 Å².